The van der Waals surface area contributed by atoms with E-state index in [-0.39, 0.29) is 15.5 Å². The lowest BCUT2D eigenvalue weighted by molar-refractivity contribution is 0.0951. The normalized spacial score (nSPS) is 14.9. The van der Waals surface area contributed by atoms with E-state index in [1.54, 1.807) is 6.20 Å². The van der Waals surface area contributed by atoms with Gasteiger partial charge in [-0.25, -0.2) is 13.4 Å². The monoisotopic (exact) mass is 472 g/mol. The summed E-state index contributed by atoms with van der Waals surface area (Å²) in [5.74, 6) is 0.473. The Morgan fingerprint density at radius 3 is 2.47 bits per heavy atom. The number of rotatable bonds is 6. The van der Waals surface area contributed by atoms with Crippen LogP contribution in [0.2, 0.25) is 5.02 Å². The van der Waals surface area contributed by atoms with Gasteiger partial charge >= 0.3 is 0 Å². The fraction of sp³-hybridized carbons (Fsp3) is 0.304. The lowest BCUT2D eigenvalue weighted by atomic mass is 10.1. The number of benzene rings is 2. The lowest BCUT2D eigenvalue weighted by Crippen LogP contribution is -2.35. The van der Waals surface area contributed by atoms with Crippen molar-refractivity contribution in [3.8, 4) is 5.69 Å². The fourth-order valence-electron chi connectivity index (χ4n) is 3.80. The number of hydrogen-bond donors (Lipinski definition) is 1. The van der Waals surface area contributed by atoms with Gasteiger partial charge in [-0.1, -0.05) is 30.2 Å². The molecule has 0 spiro atoms. The molecule has 2 aromatic carbocycles. The summed E-state index contributed by atoms with van der Waals surface area (Å²) in [6.45, 7) is 3.22. The molecule has 0 aliphatic carbocycles. The Balaban J connectivity index is 1.46. The Labute approximate surface area is 193 Å². The van der Waals surface area contributed by atoms with Gasteiger partial charge in [-0.3, -0.25) is 4.79 Å². The maximum absolute atomic E-state index is 13.0. The van der Waals surface area contributed by atoms with Crippen molar-refractivity contribution in [1.29, 1.82) is 0 Å². The summed E-state index contributed by atoms with van der Waals surface area (Å²) in [4.78, 5) is 17.1. The van der Waals surface area contributed by atoms with Crippen molar-refractivity contribution < 1.29 is 13.2 Å². The quantitative estimate of drug-likeness (QED) is 0.589. The number of sulfonamides is 1. The van der Waals surface area contributed by atoms with Crippen molar-refractivity contribution in [2.24, 2.45) is 0 Å². The van der Waals surface area contributed by atoms with E-state index in [0.29, 0.717) is 19.6 Å². The molecule has 4 rings (SSSR count). The molecule has 1 aliphatic heterocycles. The molecule has 0 radical (unpaired) electrons. The fourth-order valence-corrected chi connectivity index (χ4v) is 5.54. The van der Waals surface area contributed by atoms with E-state index >= 15 is 0 Å². The van der Waals surface area contributed by atoms with E-state index in [0.717, 1.165) is 36.3 Å². The van der Waals surface area contributed by atoms with Gasteiger partial charge in [0.1, 0.15) is 5.82 Å². The van der Waals surface area contributed by atoms with Gasteiger partial charge < -0.3 is 9.88 Å². The number of aryl methyl sites for hydroxylation is 1. The predicted molar refractivity (Wildman–Crippen MR) is 124 cm³/mol. The molecule has 2 heterocycles. The van der Waals surface area contributed by atoms with Crippen LogP contribution in [0.1, 0.15) is 41.0 Å². The van der Waals surface area contributed by atoms with E-state index in [1.807, 2.05) is 42.0 Å². The molecule has 9 heteroatoms. The Bertz CT molecular complexity index is 1220. The van der Waals surface area contributed by atoms with Gasteiger partial charge in [0.15, 0.2) is 0 Å². The maximum Gasteiger partial charge on any atom is 0.253 e. The third kappa shape index (κ3) is 4.72. The van der Waals surface area contributed by atoms with Crippen molar-refractivity contribution in [1.82, 2.24) is 19.2 Å². The molecule has 1 aromatic heterocycles. The van der Waals surface area contributed by atoms with Crippen molar-refractivity contribution in [3.63, 3.8) is 0 Å². The highest BCUT2D eigenvalue weighted by Crippen LogP contribution is 2.25. The SMILES string of the molecule is Cc1nccn1-c1ccc(CNC(=O)c2cc(S(=O)(=O)N3CCCCC3)ccc2Cl)cc1. The number of halogens is 1. The van der Waals surface area contributed by atoms with Crippen LogP contribution < -0.4 is 5.32 Å². The minimum Gasteiger partial charge on any atom is -0.348 e. The van der Waals surface area contributed by atoms with Crippen molar-refractivity contribution in [3.05, 3.63) is 76.8 Å². The highest BCUT2D eigenvalue weighted by atomic mass is 35.5. The summed E-state index contributed by atoms with van der Waals surface area (Å²) in [5, 5.41) is 3.04. The number of carbonyl (C=O) groups is 1. The molecule has 0 unspecified atom stereocenters. The third-order valence-corrected chi connectivity index (χ3v) is 7.85. The Hall–Kier alpha value is -2.68. The van der Waals surface area contributed by atoms with Gasteiger partial charge in [0.2, 0.25) is 10.0 Å². The Morgan fingerprint density at radius 2 is 1.81 bits per heavy atom. The molecule has 1 saturated heterocycles. The largest absolute Gasteiger partial charge is 0.348 e. The minimum atomic E-state index is -3.64. The van der Waals surface area contributed by atoms with E-state index in [9.17, 15) is 13.2 Å². The molecule has 0 bridgehead atoms. The van der Waals surface area contributed by atoms with Crippen LogP contribution in [0.15, 0.2) is 59.8 Å². The van der Waals surface area contributed by atoms with E-state index in [4.69, 9.17) is 11.6 Å². The maximum atomic E-state index is 13.0. The van der Waals surface area contributed by atoms with E-state index in [1.165, 1.54) is 22.5 Å². The highest BCUT2D eigenvalue weighted by Gasteiger charge is 2.27. The molecule has 1 amide bonds. The number of nitrogens with one attached hydrogen (secondary N) is 1. The smallest absolute Gasteiger partial charge is 0.253 e. The van der Waals surface area contributed by atoms with E-state index < -0.39 is 15.9 Å². The van der Waals surface area contributed by atoms with Crippen LogP contribution in [0, 0.1) is 6.92 Å². The third-order valence-electron chi connectivity index (χ3n) is 5.63. The van der Waals surface area contributed by atoms with Crippen LogP contribution in [0.3, 0.4) is 0 Å². The summed E-state index contributed by atoms with van der Waals surface area (Å²) < 4.78 is 29.3. The number of nitrogens with zero attached hydrogens (tertiary/aromatic N) is 3. The van der Waals surface area contributed by atoms with Crippen molar-refractivity contribution in [2.45, 2.75) is 37.6 Å². The first-order valence-electron chi connectivity index (χ1n) is 10.5. The minimum absolute atomic E-state index is 0.0917. The zero-order valence-electron chi connectivity index (χ0n) is 17.8. The Morgan fingerprint density at radius 1 is 1.09 bits per heavy atom. The van der Waals surface area contributed by atoms with Crippen molar-refractivity contribution in [2.75, 3.05) is 13.1 Å². The molecule has 1 N–H and O–H groups in total. The summed E-state index contributed by atoms with van der Waals surface area (Å²) in [5.41, 5.74) is 2.04. The molecule has 0 atom stereocenters. The second-order valence-corrected chi connectivity index (χ2v) is 10.1. The van der Waals surface area contributed by atoms with Crippen LogP contribution in [0.5, 0.6) is 0 Å². The molecular weight excluding hydrogens is 448 g/mol. The second-order valence-electron chi connectivity index (χ2n) is 7.80. The topological polar surface area (TPSA) is 84.3 Å². The van der Waals surface area contributed by atoms with Crippen LogP contribution in [-0.2, 0) is 16.6 Å². The number of amides is 1. The molecule has 1 fully saturated rings. The van der Waals surface area contributed by atoms with Gasteiger partial charge in [0, 0.05) is 37.7 Å². The van der Waals surface area contributed by atoms with Crippen molar-refractivity contribution >= 4 is 27.5 Å². The Kier molecular flexibility index (Phi) is 6.64. The first-order chi connectivity index (χ1) is 15.4. The molecule has 1 aliphatic rings. The number of carbonyl (C=O) groups excluding carboxylic acids is 1. The molecule has 3 aromatic rings. The van der Waals surface area contributed by atoms with E-state index in [2.05, 4.69) is 10.3 Å². The number of imidazole rings is 1. The molecule has 168 valence electrons. The first-order valence-corrected chi connectivity index (χ1v) is 12.4. The van der Waals surface area contributed by atoms with Gasteiger partial charge in [0.25, 0.3) is 5.91 Å². The standard InChI is InChI=1S/C23H25ClN4O3S/c1-17-25-11-14-28(17)19-7-5-18(6-8-19)16-26-23(29)21-15-20(9-10-22(21)24)32(30,31)27-12-3-2-4-13-27/h5-11,14-15H,2-4,12-13,16H2,1H3,(H,26,29). The number of aromatic nitrogens is 2. The number of piperidine rings is 1. The van der Waals surface area contributed by atoms with Crippen LogP contribution in [-0.4, -0.2) is 41.3 Å². The summed E-state index contributed by atoms with van der Waals surface area (Å²) in [7, 11) is -3.64. The summed E-state index contributed by atoms with van der Waals surface area (Å²) >= 11 is 6.22. The molecule has 32 heavy (non-hydrogen) atoms. The predicted octanol–water partition coefficient (Wildman–Crippen LogP) is 3.94. The zero-order chi connectivity index (χ0) is 22.7. The van der Waals surface area contributed by atoms with Gasteiger partial charge in [-0.2, -0.15) is 4.31 Å². The zero-order valence-corrected chi connectivity index (χ0v) is 19.4. The van der Waals surface area contributed by atoms with Crippen LogP contribution in [0.4, 0.5) is 0 Å². The van der Waals surface area contributed by atoms with Crippen LogP contribution >= 0.6 is 11.6 Å². The first kappa shape index (κ1) is 22.5. The lowest BCUT2D eigenvalue weighted by Gasteiger charge is -2.26. The average molecular weight is 473 g/mol. The summed E-state index contributed by atoms with van der Waals surface area (Å²) in [6.07, 6.45) is 6.35. The van der Waals surface area contributed by atoms with Gasteiger partial charge in [0.05, 0.1) is 15.5 Å². The molecule has 0 saturated carbocycles. The van der Waals surface area contributed by atoms with Gasteiger partial charge in [-0.05, 0) is 55.7 Å². The number of hydrogen-bond acceptors (Lipinski definition) is 4. The molecule has 7 nitrogen and oxygen atoms in total. The average Bonchev–Trinajstić information content (AvgIpc) is 3.24. The second kappa shape index (κ2) is 9.44. The van der Waals surface area contributed by atoms with Crippen LogP contribution in [0.25, 0.3) is 5.69 Å². The molecular formula is C23H25ClN4O3S. The highest BCUT2D eigenvalue weighted by molar-refractivity contribution is 7.89. The summed E-state index contributed by atoms with van der Waals surface area (Å²) in [6, 6.07) is 12.0. The van der Waals surface area contributed by atoms with Gasteiger partial charge in [-0.15, -0.1) is 0 Å².